The van der Waals surface area contributed by atoms with Gasteiger partial charge in [-0.1, -0.05) is 43.7 Å². The molecule has 3 rings (SSSR count). The first-order valence-corrected chi connectivity index (χ1v) is 12.3. The van der Waals surface area contributed by atoms with Gasteiger partial charge in [0.1, 0.15) is 12.4 Å². The number of nitrogens with zero attached hydrogens (tertiary/aromatic N) is 1. The van der Waals surface area contributed by atoms with Crippen LogP contribution in [0.15, 0.2) is 83.8 Å². The lowest BCUT2D eigenvalue weighted by Gasteiger charge is -2.24. The van der Waals surface area contributed by atoms with Crippen LogP contribution in [0.5, 0.6) is 0 Å². The Hall–Kier alpha value is -3.72. The van der Waals surface area contributed by atoms with Crippen LogP contribution in [0.3, 0.4) is 0 Å². The molecule has 0 bridgehead atoms. The number of nitrogens with one attached hydrogen (secondary N) is 2. The fourth-order valence-electron chi connectivity index (χ4n) is 3.23. The zero-order chi connectivity index (χ0) is 24.6. The Morgan fingerprint density at radius 2 is 1.56 bits per heavy atom. The second kappa shape index (κ2) is 11.4. The number of anilines is 2. The Labute approximate surface area is 198 Å². The van der Waals surface area contributed by atoms with Gasteiger partial charge in [-0.15, -0.1) is 0 Å². The van der Waals surface area contributed by atoms with Crippen LogP contribution in [-0.2, 0) is 14.8 Å². The summed E-state index contributed by atoms with van der Waals surface area (Å²) < 4.78 is 41.0. The zero-order valence-corrected chi connectivity index (χ0v) is 19.5. The van der Waals surface area contributed by atoms with Crippen molar-refractivity contribution in [3.8, 4) is 0 Å². The molecule has 2 amide bonds. The van der Waals surface area contributed by atoms with E-state index in [-0.39, 0.29) is 27.7 Å². The molecule has 0 atom stereocenters. The van der Waals surface area contributed by atoms with Crippen molar-refractivity contribution in [2.45, 2.75) is 24.7 Å². The van der Waals surface area contributed by atoms with Crippen molar-refractivity contribution in [2.75, 3.05) is 22.7 Å². The van der Waals surface area contributed by atoms with Crippen molar-refractivity contribution in [2.24, 2.45) is 0 Å². The number of amides is 2. The number of carbonyl (C=O) groups is 2. The lowest BCUT2D eigenvalue weighted by Crippen LogP contribution is -2.38. The summed E-state index contributed by atoms with van der Waals surface area (Å²) in [6.07, 6.45) is 1.75. The maximum absolute atomic E-state index is 13.5. The van der Waals surface area contributed by atoms with Gasteiger partial charge in [0.15, 0.2) is 0 Å². The molecule has 0 aliphatic heterocycles. The Balaban J connectivity index is 1.86. The van der Waals surface area contributed by atoms with Gasteiger partial charge >= 0.3 is 0 Å². The van der Waals surface area contributed by atoms with Gasteiger partial charge < -0.3 is 10.6 Å². The third-order valence-electron chi connectivity index (χ3n) is 4.99. The van der Waals surface area contributed by atoms with Gasteiger partial charge in [0.25, 0.3) is 15.9 Å². The predicted octanol–water partition coefficient (Wildman–Crippen LogP) is 4.19. The molecule has 0 aliphatic rings. The molecule has 0 aromatic heterocycles. The lowest BCUT2D eigenvalue weighted by molar-refractivity contribution is -0.114. The summed E-state index contributed by atoms with van der Waals surface area (Å²) in [5.74, 6) is -1.53. The van der Waals surface area contributed by atoms with E-state index in [4.69, 9.17) is 0 Å². The maximum atomic E-state index is 13.5. The fraction of sp³-hybridized carbons (Fsp3) is 0.200. The van der Waals surface area contributed by atoms with Crippen molar-refractivity contribution in [1.29, 1.82) is 0 Å². The average molecular weight is 484 g/mol. The van der Waals surface area contributed by atoms with E-state index in [1.807, 2.05) is 6.92 Å². The molecule has 0 saturated heterocycles. The average Bonchev–Trinajstić information content (AvgIpc) is 2.84. The third-order valence-corrected chi connectivity index (χ3v) is 6.78. The van der Waals surface area contributed by atoms with E-state index in [0.29, 0.717) is 6.54 Å². The Morgan fingerprint density at radius 1 is 0.912 bits per heavy atom. The van der Waals surface area contributed by atoms with E-state index in [9.17, 15) is 22.4 Å². The minimum Gasteiger partial charge on any atom is -0.352 e. The van der Waals surface area contributed by atoms with Crippen molar-refractivity contribution in [3.05, 3.63) is 90.2 Å². The molecule has 3 aromatic rings. The largest absolute Gasteiger partial charge is 0.352 e. The highest BCUT2D eigenvalue weighted by atomic mass is 32.2. The Bertz CT molecular complexity index is 1230. The first-order chi connectivity index (χ1) is 16.3. The number of hydrogen-bond acceptors (Lipinski definition) is 4. The van der Waals surface area contributed by atoms with E-state index in [2.05, 4.69) is 10.6 Å². The normalized spacial score (nSPS) is 11.0. The second-order valence-corrected chi connectivity index (χ2v) is 9.37. The van der Waals surface area contributed by atoms with Crippen LogP contribution in [0.1, 0.15) is 30.1 Å². The van der Waals surface area contributed by atoms with Gasteiger partial charge in [0, 0.05) is 6.54 Å². The Kier molecular flexibility index (Phi) is 8.37. The molecule has 34 heavy (non-hydrogen) atoms. The monoisotopic (exact) mass is 483 g/mol. The van der Waals surface area contributed by atoms with Crippen LogP contribution in [0.25, 0.3) is 0 Å². The molecule has 9 heteroatoms. The standard InChI is InChI=1S/C25H26FN3O4S/c1-2-3-17-27-25(31)22-11-7-8-12-23(22)28-24(30)18-29(20-15-13-19(26)14-16-20)34(32,33)21-9-5-4-6-10-21/h4-16H,2-3,17-18H2,1H3,(H,27,31)(H,28,30). The SMILES string of the molecule is CCCCNC(=O)c1ccccc1NC(=O)CN(c1ccc(F)cc1)S(=O)(=O)c1ccccc1. The van der Waals surface area contributed by atoms with Crippen LogP contribution in [-0.4, -0.2) is 33.3 Å². The number of rotatable bonds is 10. The van der Waals surface area contributed by atoms with Crippen LogP contribution >= 0.6 is 0 Å². The molecule has 0 heterocycles. The predicted molar refractivity (Wildman–Crippen MR) is 130 cm³/mol. The van der Waals surface area contributed by atoms with E-state index >= 15 is 0 Å². The third kappa shape index (κ3) is 6.20. The number of unbranched alkanes of at least 4 members (excludes halogenated alkanes) is 1. The highest BCUT2D eigenvalue weighted by Crippen LogP contribution is 2.24. The molecule has 0 aliphatic carbocycles. The Morgan fingerprint density at radius 3 is 2.24 bits per heavy atom. The first kappa shape index (κ1) is 24.9. The highest BCUT2D eigenvalue weighted by Gasteiger charge is 2.27. The number of halogens is 1. The van der Waals surface area contributed by atoms with Gasteiger partial charge in [0.2, 0.25) is 5.91 Å². The molecule has 0 unspecified atom stereocenters. The number of sulfonamides is 1. The van der Waals surface area contributed by atoms with Crippen LogP contribution < -0.4 is 14.9 Å². The van der Waals surface area contributed by atoms with Crippen LogP contribution in [0.4, 0.5) is 15.8 Å². The molecule has 178 valence electrons. The quantitative estimate of drug-likeness (QED) is 0.423. The molecule has 3 aromatic carbocycles. The molecule has 0 saturated carbocycles. The molecule has 0 fully saturated rings. The van der Waals surface area contributed by atoms with Crippen molar-refractivity contribution < 1.29 is 22.4 Å². The van der Waals surface area contributed by atoms with E-state index in [1.54, 1.807) is 42.5 Å². The smallest absolute Gasteiger partial charge is 0.264 e. The summed E-state index contributed by atoms with van der Waals surface area (Å²) in [5, 5.41) is 5.44. The zero-order valence-electron chi connectivity index (χ0n) is 18.7. The van der Waals surface area contributed by atoms with Gasteiger partial charge in [-0.3, -0.25) is 13.9 Å². The van der Waals surface area contributed by atoms with E-state index in [0.717, 1.165) is 29.3 Å². The minimum atomic E-state index is -4.12. The van der Waals surface area contributed by atoms with Gasteiger partial charge in [0.05, 0.1) is 21.8 Å². The summed E-state index contributed by atoms with van der Waals surface area (Å²) in [4.78, 5) is 25.5. The van der Waals surface area contributed by atoms with Crippen LogP contribution in [0, 0.1) is 5.82 Å². The number of carbonyl (C=O) groups excluding carboxylic acids is 2. The summed E-state index contributed by atoms with van der Waals surface area (Å²) in [6.45, 7) is 1.94. The minimum absolute atomic E-state index is 0.0113. The summed E-state index contributed by atoms with van der Waals surface area (Å²) in [7, 11) is -4.12. The van der Waals surface area contributed by atoms with Crippen molar-refractivity contribution in [1.82, 2.24) is 5.32 Å². The molecular weight excluding hydrogens is 457 g/mol. The number of para-hydroxylation sites is 1. The highest BCUT2D eigenvalue weighted by molar-refractivity contribution is 7.92. The molecule has 0 spiro atoms. The van der Waals surface area contributed by atoms with Crippen LogP contribution in [0.2, 0.25) is 0 Å². The lowest BCUT2D eigenvalue weighted by atomic mass is 10.1. The molecule has 7 nitrogen and oxygen atoms in total. The summed E-state index contributed by atoms with van der Waals surface area (Å²) in [6, 6.07) is 19.0. The fourth-order valence-corrected chi connectivity index (χ4v) is 4.67. The van der Waals surface area contributed by atoms with E-state index in [1.165, 1.54) is 24.3 Å². The molecule has 2 N–H and O–H groups in total. The van der Waals surface area contributed by atoms with Crippen molar-refractivity contribution in [3.63, 3.8) is 0 Å². The van der Waals surface area contributed by atoms with Gasteiger partial charge in [-0.25, -0.2) is 12.8 Å². The van der Waals surface area contributed by atoms with Crippen molar-refractivity contribution >= 4 is 33.2 Å². The maximum Gasteiger partial charge on any atom is 0.264 e. The topological polar surface area (TPSA) is 95.6 Å². The molecule has 0 radical (unpaired) electrons. The number of benzene rings is 3. The van der Waals surface area contributed by atoms with Gasteiger partial charge in [-0.2, -0.15) is 0 Å². The van der Waals surface area contributed by atoms with E-state index < -0.39 is 28.3 Å². The number of hydrogen-bond donors (Lipinski definition) is 2. The second-order valence-electron chi connectivity index (χ2n) is 7.50. The molecular formula is C25H26FN3O4S. The summed E-state index contributed by atoms with van der Waals surface area (Å²) >= 11 is 0. The van der Waals surface area contributed by atoms with Gasteiger partial charge in [-0.05, 0) is 55.0 Å². The summed E-state index contributed by atoms with van der Waals surface area (Å²) in [5.41, 5.74) is 0.662. The first-order valence-electron chi connectivity index (χ1n) is 10.8.